The van der Waals surface area contributed by atoms with Crippen LogP contribution in [-0.2, 0) is 4.79 Å². The number of likely N-dealkylation sites (N-methyl/N-ethyl adjacent to an activating group) is 1. The van der Waals surface area contributed by atoms with Gasteiger partial charge in [0.25, 0.3) is 0 Å². The molecular weight excluding hydrogens is 238 g/mol. The summed E-state index contributed by atoms with van der Waals surface area (Å²) in [7, 11) is 2.02. The first-order valence-electron chi connectivity index (χ1n) is 6.06. The molecule has 0 aromatic rings. The first-order valence-corrected chi connectivity index (χ1v) is 6.06. The number of hydrogen-bond acceptors (Lipinski definition) is 4. The largest absolute Gasteiger partial charge is 0.479 e. The number of urea groups is 1. The van der Waals surface area contributed by atoms with Gasteiger partial charge in [0, 0.05) is 18.6 Å². The fourth-order valence-electron chi connectivity index (χ4n) is 1.57. The lowest BCUT2D eigenvalue weighted by molar-refractivity contribution is -0.146. The first kappa shape index (κ1) is 14.7. The van der Waals surface area contributed by atoms with Gasteiger partial charge in [-0.1, -0.05) is 0 Å². The van der Waals surface area contributed by atoms with Crippen LogP contribution in [0.15, 0.2) is 0 Å². The van der Waals surface area contributed by atoms with Gasteiger partial charge in [-0.25, -0.2) is 9.59 Å². The van der Waals surface area contributed by atoms with Gasteiger partial charge in [-0.15, -0.1) is 0 Å². The molecule has 0 aliphatic heterocycles. The summed E-state index contributed by atoms with van der Waals surface area (Å²) in [6.45, 7) is 2.21. The maximum atomic E-state index is 11.3. The average molecular weight is 259 g/mol. The average Bonchev–Trinajstić information content (AvgIpc) is 3.15. The van der Waals surface area contributed by atoms with Gasteiger partial charge >= 0.3 is 12.0 Å². The molecule has 0 bridgehead atoms. The van der Waals surface area contributed by atoms with Crippen LogP contribution >= 0.6 is 0 Å². The number of aliphatic hydroxyl groups is 1. The number of carboxylic acids is 1. The highest BCUT2D eigenvalue weighted by molar-refractivity contribution is 5.76. The zero-order valence-electron chi connectivity index (χ0n) is 10.7. The van der Waals surface area contributed by atoms with Crippen molar-refractivity contribution in [2.24, 2.45) is 0 Å². The van der Waals surface area contributed by atoms with Crippen LogP contribution in [0.25, 0.3) is 0 Å². The SMILES string of the molecule is CC(CNC(=O)NCC(O)C(=O)O)N(C)C1CC1. The Kier molecular flexibility index (Phi) is 5.36. The smallest absolute Gasteiger partial charge is 0.334 e. The molecule has 1 rings (SSSR count). The van der Waals surface area contributed by atoms with Crippen molar-refractivity contribution in [1.29, 1.82) is 0 Å². The lowest BCUT2D eigenvalue weighted by Crippen LogP contribution is -2.46. The molecule has 0 aromatic heterocycles. The van der Waals surface area contributed by atoms with E-state index in [1.54, 1.807) is 0 Å². The predicted molar refractivity (Wildman–Crippen MR) is 65.3 cm³/mol. The fourth-order valence-corrected chi connectivity index (χ4v) is 1.57. The monoisotopic (exact) mass is 259 g/mol. The molecule has 7 heteroatoms. The van der Waals surface area contributed by atoms with E-state index in [0.29, 0.717) is 12.6 Å². The van der Waals surface area contributed by atoms with Crippen LogP contribution < -0.4 is 10.6 Å². The molecular formula is C11H21N3O4. The molecule has 0 heterocycles. The highest BCUT2D eigenvalue weighted by Crippen LogP contribution is 2.26. The number of aliphatic carboxylic acids is 1. The van der Waals surface area contributed by atoms with Gasteiger partial charge in [0.2, 0.25) is 0 Å². The van der Waals surface area contributed by atoms with Gasteiger partial charge in [0.1, 0.15) is 0 Å². The molecule has 2 unspecified atom stereocenters. The van der Waals surface area contributed by atoms with E-state index in [1.165, 1.54) is 12.8 Å². The first-order chi connectivity index (χ1) is 8.41. The van der Waals surface area contributed by atoms with Gasteiger partial charge < -0.3 is 20.8 Å². The molecule has 0 saturated heterocycles. The molecule has 0 aromatic carbocycles. The minimum absolute atomic E-state index is 0.229. The standard InChI is InChI=1S/C11H21N3O4/c1-7(14(2)8-3-4-8)5-12-11(18)13-6-9(15)10(16)17/h7-9,15H,3-6H2,1-2H3,(H,16,17)(H2,12,13,18). The van der Waals surface area contributed by atoms with Gasteiger partial charge in [-0.3, -0.25) is 4.90 Å². The van der Waals surface area contributed by atoms with E-state index >= 15 is 0 Å². The summed E-state index contributed by atoms with van der Waals surface area (Å²) in [5, 5.41) is 22.3. The van der Waals surface area contributed by atoms with E-state index in [1.807, 2.05) is 14.0 Å². The summed E-state index contributed by atoms with van der Waals surface area (Å²) in [6, 6.07) is 0.387. The number of rotatable bonds is 7. The highest BCUT2D eigenvalue weighted by Gasteiger charge is 2.29. The molecule has 1 aliphatic carbocycles. The van der Waals surface area contributed by atoms with E-state index < -0.39 is 18.1 Å². The molecule has 1 fully saturated rings. The molecule has 1 aliphatic rings. The number of carboxylic acid groups (broad SMARTS) is 1. The van der Waals surface area contributed by atoms with Crippen LogP contribution in [0.3, 0.4) is 0 Å². The quantitative estimate of drug-likeness (QED) is 0.480. The van der Waals surface area contributed by atoms with Gasteiger partial charge in [-0.05, 0) is 26.8 Å². The molecule has 2 atom stereocenters. The summed E-state index contributed by atoms with van der Waals surface area (Å²) < 4.78 is 0. The van der Waals surface area contributed by atoms with Crippen molar-refractivity contribution in [1.82, 2.24) is 15.5 Å². The molecule has 4 N–H and O–H groups in total. The van der Waals surface area contributed by atoms with E-state index in [0.717, 1.165) is 0 Å². The summed E-state index contributed by atoms with van der Waals surface area (Å²) in [4.78, 5) is 23.9. The summed E-state index contributed by atoms with van der Waals surface area (Å²) in [5.74, 6) is -1.35. The Labute approximate surface area is 106 Å². The van der Waals surface area contributed by atoms with Gasteiger partial charge in [-0.2, -0.15) is 0 Å². The molecule has 7 nitrogen and oxygen atoms in total. The topological polar surface area (TPSA) is 102 Å². The molecule has 18 heavy (non-hydrogen) atoms. The van der Waals surface area contributed by atoms with Crippen molar-refractivity contribution < 1.29 is 19.8 Å². The molecule has 2 amide bonds. The molecule has 0 radical (unpaired) electrons. The number of carbonyl (C=O) groups excluding carboxylic acids is 1. The molecule has 104 valence electrons. The van der Waals surface area contributed by atoms with Crippen LogP contribution in [0.4, 0.5) is 4.79 Å². The van der Waals surface area contributed by atoms with Gasteiger partial charge in [0.15, 0.2) is 6.10 Å². The van der Waals surface area contributed by atoms with E-state index in [-0.39, 0.29) is 12.6 Å². The number of amides is 2. The van der Waals surface area contributed by atoms with Crippen molar-refractivity contribution in [2.75, 3.05) is 20.1 Å². The summed E-state index contributed by atoms with van der Waals surface area (Å²) >= 11 is 0. The van der Waals surface area contributed by atoms with Crippen LogP contribution in [0, 0.1) is 0 Å². The minimum Gasteiger partial charge on any atom is -0.479 e. The Balaban J connectivity index is 2.14. The predicted octanol–water partition coefficient (Wildman–Crippen LogP) is -0.786. The number of aliphatic hydroxyl groups excluding tert-OH is 1. The maximum absolute atomic E-state index is 11.3. The van der Waals surface area contributed by atoms with Gasteiger partial charge in [0.05, 0.1) is 6.54 Å². The van der Waals surface area contributed by atoms with Crippen LogP contribution in [0.2, 0.25) is 0 Å². The Bertz CT molecular complexity index is 307. The third-order valence-corrected chi connectivity index (χ3v) is 3.12. The van der Waals surface area contributed by atoms with Crippen LogP contribution in [-0.4, -0.2) is 65.4 Å². The summed E-state index contributed by atoms with van der Waals surface area (Å²) in [5.41, 5.74) is 0. The van der Waals surface area contributed by atoms with Crippen LogP contribution in [0.1, 0.15) is 19.8 Å². The van der Waals surface area contributed by atoms with Crippen molar-refractivity contribution in [3.05, 3.63) is 0 Å². The van der Waals surface area contributed by atoms with E-state index in [2.05, 4.69) is 15.5 Å². The Morgan fingerprint density at radius 3 is 2.39 bits per heavy atom. The third kappa shape index (κ3) is 4.89. The van der Waals surface area contributed by atoms with Crippen molar-refractivity contribution in [2.45, 2.75) is 38.0 Å². The van der Waals surface area contributed by atoms with Crippen LogP contribution in [0.5, 0.6) is 0 Å². The number of carbonyl (C=O) groups is 2. The lowest BCUT2D eigenvalue weighted by Gasteiger charge is -2.24. The zero-order chi connectivity index (χ0) is 13.7. The third-order valence-electron chi connectivity index (χ3n) is 3.12. The molecule has 1 saturated carbocycles. The minimum atomic E-state index is -1.57. The molecule has 0 spiro atoms. The second-order valence-corrected chi connectivity index (χ2v) is 4.69. The number of hydrogen-bond donors (Lipinski definition) is 4. The second kappa shape index (κ2) is 6.55. The lowest BCUT2D eigenvalue weighted by atomic mass is 10.3. The van der Waals surface area contributed by atoms with Crippen molar-refractivity contribution >= 4 is 12.0 Å². The summed E-state index contributed by atoms with van der Waals surface area (Å²) in [6.07, 6.45) is 0.845. The van der Waals surface area contributed by atoms with Crippen molar-refractivity contribution in [3.8, 4) is 0 Å². The Morgan fingerprint density at radius 1 is 1.33 bits per heavy atom. The number of nitrogens with zero attached hydrogens (tertiary/aromatic N) is 1. The highest BCUT2D eigenvalue weighted by atomic mass is 16.4. The van der Waals surface area contributed by atoms with E-state index in [9.17, 15) is 9.59 Å². The number of nitrogens with one attached hydrogen (secondary N) is 2. The maximum Gasteiger partial charge on any atom is 0.334 e. The Morgan fingerprint density at radius 2 is 1.89 bits per heavy atom. The zero-order valence-corrected chi connectivity index (χ0v) is 10.7. The second-order valence-electron chi connectivity index (χ2n) is 4.69. The van der Waals surface area contributed by atoms with E-state index in [4.69, 9.17) is 10.2 Å². The normalized spacial score (nSPS) is 18.2. The fraction of sp³-hybridized carbons (Fsp3) is 0.818. The van der Waals surface area contributed by atoms with Crippen molar-refractivity contribution in [3.63, 3.8) is 0 Å². The Hall–Kier alpha value is -1.34.